The third-order valence-electron chi connectivity index (χ3n) is 4.94. The van der Waals surface area contributed by atoms with Crippen molar-refractivity contribution < 1.29 is 4.79 Å². The molecule has 0 spiro atoms. The highest BCUT2D eigenvalue weighted by Crippen LogP contribution is 2.43. The molecule has 3 rings (SSSR count). The summed E-state index contributed by atoms with van der Waals surface area (Å²) in [4.78, 5) is 19.7. The van der Waals surface area contributed by atoms with Gasteiger partial charge in [-0.2, -0.15) is 0 Å². The van der Waals surface area contributed by atoms with Gasteiger partial charge in [-0.3, -0.25) is 4.79 Å². The molecule has 0 aliphatic carbocycles. The number of thiazole rings is 1. The molecule has 3 nitrogen and oxygen atoms in total. The van der Waals surface area contributed by atoms with Crippen LogP contribution in [0, 0.1) is 6.92 Å². The third-order valence-corrected chi connectivity index (χ3v) is 6.04. The molecule has 0 fully saturated rings. The number of hydrogen-bond donors (Lipinski definition) is 0. The minimum absolute atomic E-state index is 0.0343. The van der Waals surface area contributed by atoms with Crippen LogP contribution < -0.4 is 0 Å². The number of likely N-dealkylation sites (N-methyl/N-ethyl adjacent to an activating group) is 1. The standard InChI is InChI=1S/C22H24N2OS/c1-6-22(3,16-13-11-15(2)12-14-16)19(21(25)24(4)5)20-23-17-9-7-8-10-18(17)26-20/h6-14,19H,1H2,2-5H3/t19-,22+/m1/s1. The molecule has 0 saturated carbocycles. The Morgan fingerprint density at radius 1 is 1.19 bits per heavy atom. The van der Waals surface area contributed by atoms with Crippen molar-refractivity contribution in [3.63, 3.8) is 0 Å². The highest BCUT2D eigenvalue weighted by Gasteiger charge is 2.42. The number of hydrogen-bond acceptors (Lipinski definition) is 3. The van der Waals surface area contributed by atoms with Crippen LogP contribution in [0.15, 0.2) is 61.2 Å². The number of para-hydroxylation sites is 1. The number of carbonyl (C=O) groups excluding carboxylic acids is 1. The van der Waals surface area contributed by atoms with Crippen molar-refractivity contribution in [2.45, 2.75) is 25.2 Å². The summed E-state index contributed by atoms with van der Waals surface area (Å²) in [5, 5.41) is 0.827. The lowest BCUT2D eigenvalue weighted by atomic mass is 9.71. The Balaban J connectivity index is 2.20. The topological polar surface area (TPSA) is 33.2 Å². The van der Waals surface area contributed by atoms with Gasteiger partial charge in [0, 0.05) is 19.5 Å². The van der Waals surface area contributed by atoms with E-state index in [-0.39, 0.29) is 5.91 Å². The Hall–Kier alpha value is -2.46. The summed E-state index contributed by atoms with van der Waals surface area (Å²) < 4.78 is 1.09. The van der Waals surface area contributed by atoms with Crippen LogP contribution in [-0.2, 0) is 10.2 Å². The highest BCUT2D eigenvalue weighted by atomic mass is 32.1. The van der Waals surface area contributed by atoms with E-state index in [4.69, 9.17) is 4.98 Å². The SMILES string of the molecule is C=C[C@@](C)(c1ccc(C)cc1)[C@@H](C(=O)N(C)C)c1nc2ccccc2s1. The molecule has 0 saturated heterocycles. The first-order valence-electron chi connectivity index (χ1n) is 8.64. The van der Waals surface area contributed by atoms with Crippen LogP contribution in [0.2, 0.25) is 0 Å². The second kappa shape index (κ2) is 7.04. The molecular formula is C22H24N2OS. The van der Waals surface area contributed by atoms with Crippen molar-refractivity contribution in [2.75, 3.05) is 14.1 Å². The number of benzene rings is 2. The molecule has 0 radical (unpaired) electrons. The van der Waals surface area contributed by atoms with Crippen molar-refractivity contribution in [1.82, 2.24) is 9.88 Å². The molecule has 0 aliphatic heterocycles. The van der Waals surface area contributed by atoms with Crippen LogP contribution in [0.5, 0.6) is 0 Å². The van der Waals surface area contributed by atoms with Gasteiger partial charge in [-0.25, -0.2) is 4.98 Å². The Morgan fingerprint density at radius 3 is 2.42 bits per heavy atom. The minimum atomic E-state index is -0.553. The summed E-state index contributed by atoms with van der Waals surface area (Å²) >= 11 is 1.58. The molecule has 2 aromatic carbocycles. The van der Waals surface area contributed by atoms with Crippen LogP contribution in [0.25, 0.3) is 10.2 Å². The van der Waals surface area contributed by atoms with E-state index in [1.54, 1.807) is 30.3 Å². The fourth-order valence-corrected chi connectivity index (χ4v) is 4.40. The lowest BCUT2D eigenvalue weighted by molar-refractivity contribution is -0.131. The van der Waals surface area contributed by atoms with Crippen LogP contribution in [0.3, 0.4) is 0 Å². The molecule has 1 amide bonds. The quantitative estimate of drug-likeness (QED) is 0.602. The fourth-order valence-electron chi connectivity index (χ4n) is 3.21. The first-order valence-corrected chi connectivity index (χ1v) is 9.46. The maximum Gasteiger partial charge on any atom is 0.233 e. The molecule has 4 heteroatoms. The number of carbonyl (C=O) groups is 1. The second-order valence-corrected chi connectivity index (χ2v) is 8.10. The van der Waals surface area contributed by atoms with Crippen LogP contribution in [0.4, 0.5) is 0 Å². The van der Waals surface area contributed by atoms with Gasteiger partial charge in [-0.1, -0.05) is 55.0 Å². The van der Waals surface area contributed by atoms with Crippen molar-refractivity contribution in [3.05, 3.63) is 77.3 Å². The van der Waals surface area contributed by atoms with E-state index in [1.807, 2.05) is 30.3 Å². The third kappa shape index (κ3) is 3.17. The molecule has 2 atom stereocenters. The van der Waals surface area contributed by atoms with Gasteiger partial charge >= 0.3 is 0 Å². The average molecular weight is 365 g/mol. The Labute approximate surface area is 159 Å². The average Bonchev–Trinajstić information content (AvgIpc) is 3.05. The lowest BCUT2D eigenvalue weighted by Gasteiger charge is -2.35. The van der Waals surface area contributed by atoms with Gasteiger partial charge in [0.15, 0.2) is 0 Å². The predicted molar refractivity (Wildman–Crippen MR) is 110 cm³/mol. The summed E-state index contributed by atoms with van der Waals surface area (Å²) in [5.41, 5.74) is 2.63. The zero-order chi connectivity index (χ0) is 18.9. The summed E-state index contributed by atoms with van der Waals surface area (Å²) in [6.07, 6.45) is 1.88. The van der Waals surface area contributed by atoms with Crippen molar-refractivity contribution in [3.8, 4) is 0 Å². The van der Waals surface area contributed by atoms with Crippen molar-refractivity contribution >= 4 is 27.5 Å². The van der Waals surface area contributed by atoms with Gasteiger partial charge in [0.05, 0.1) is 10.2 Å². The van der Waals surface area contributed by atoms with E-state index in [1.165, 1.54) is 5.56 Å². The molecule has 26 heavy (non-hydrogen) atoms. The number of aryl methyl sites for hydroxylation is 1. The van der Waals surface area contributed by atoms with Crippen LogP contribution >= 0.6 is 11.3 Å². The molecule has 0 bridgehead atoms. The maximum absolute atomic E-state index is 13.2. The number of fused-ring (bicyclic) bond motifs is 1. The van der Waals surface area contributed by atoms with Crippen molar-refractivity contribution in [2.24, 2.45) is 0 Å². The molecular weight excluding hydrogens is 340 g/mol. The molecule has 0 unspecified atom stereocenters. The van der Waals surface area contributed by atoms with E-state index in [2.05, 4.69) is 44.7 Å². The molecule has 3 aromatic rings. The smallest absolute Gasteiger partial charge is 0.233 e. The lowest BCUT2D eigenvalue weighted by Crippen LogP contribution is -2.40. The number of rotatable bonds is 5. The van der Waals surface area contributed by atoms with Gasteiger partial charge in [0.25, 0.3) is 0 Å². The van der Waals surface area contributed by atoms with Crippen molar-refractivity contribution in [1.29, 1.82) is 0 Å². The molecule has 134 valence electrons. The predicted octanol–water partition coefficient (Wildman–Crippen LogP) is 4.92. The van der Waals surface area contributed by atoms with Gasteiger partial charge in [0.1, 0.15) is 10.9 Å². The van der Waals surface area contributed by atoms with Crippen LogP contribution in [0.1, 0.15) is 29.0 Å². The summed E-state index contributed by atoms with van der Waals surface area (Å²) in [7, 11) is 3.59. The highest BCUT2D eigenvalue weighted by molar-refractivity contribution is 7.18. The normalized spacial score (nSPS) is 14.6. The molecule has 0 aliphatic rings. The number of aromatic nitrogens is 1. The fraction of sp³-hybridized carbons (Fsp3) is 0.273. The minimum Gasteiger partial charge on any atom is -0.348 e. The van der Waals surface area contributed by atoms with E-state index in [9.17, 15) is 4.79 Å². The first kappa shape index (κ1) is 18.3. The largest absolute Gasteiger partial charge is 0.348 e. The Morgan fingerprint density at radius 2 is 1.85 bits per heavy atom. The van der Waals surface area contributed by atoms with E-state index in [0.29, 0.717) is 0 Å². The number of nitrogens with zero attached hydrogens (tertiary/aromatic N) is 2. The number of allylic oxidation sites excluding steroid dienone is 1. The summed E-state index contributed by atoms with van der Waals surface area (Å²) in [5.74, 6) is -0.387. The zero-order valence-electron chi connectivity index (χ0n) is 15.7. The van der Waals surface area contributed by atoms with E-state index < -0.39 is 11.3 Å². The monoisotopic (exact) mass is 364 g/mol. The Bertz CT molecular complexity index is 909. The van der Waals surface area contributed by atoms with Gasteiger partial charge < -0.3 is 4.90 Å². The molecule has 1 aromatic heterocycles. The first-order chi connectivity index (χ1) is 12.4. The van der Waals surface area contributed by atoms with Gasteiger partial charge in [-0.05, 0) is 24.6 Å². The van der Waals surface area contributed by atoms with Gasteiger partial charge in [0.2, 0.25) is 5.91 Å². The van der Waals surface area contributed by atoms with E-state index in [0.717, 1.165) is 20.8 Å². The number of amides is 1. The maximum atomic E-state index is 13.2. The second-order valence-electron chi connectivity index (χ2n) is 7.04. The molecule has 1 heterocycles. The van der Waals surface area contributed by atoms with E-state index >= 15 is 0 Å². The molecule has 0 N–H and O–H groups in total. The van der Waals surface area contributed by atoms with Crippen LogP contribution in [-0.4, -0.2) is 29.9 Å². The van der Waals surface area contributed by atoms with Gasteiger partial charge in [-0.15, -0.1) is 17.9 Å². The Kier molecular flexibility index (Phi) is 4.97. The summed E-state index contributed by atoms with van der Waals surface area (Å²) in [6.45, 7) is 8.21. The summed E-state index contributed by atoms with van der Waals surface area (Å²) in [6, 6.07) is 16.3. The zero-order valence-corrected chi connectivity index (χ0v) is 16.5.